The molecule has 2 unspecified atom stereocenters. The summed E-state index contributed by atoms with van der Waals surface area (Å²) >= 11 is 0. The van der Waals surface area contributed by atoms with Crippen LogP contribution in [0, 0.1) is 0 Å². The number of aromatic nitrogens is 2. The molecular weight excluding hydrogens is 272 g/mol. The zero-order valence-electron chi connectivity index (χ0n) is 12.6. The number of carbonyl (C=O) groups excluding carboxylic acids is 2. The Balaban J connectivity index is 1.94. The highest BCUT2D eigenvalue weighted by atomic mass is 16.3. The van der Waals surface area contributed by atoms with Gasteiger partial charge in [0.1, 0.15) is 11.8 Å². The van der Waals surface area contributed by atoms with Crippen molar-refractivity contribution in [2.75, 3.05) is 13.1 Å². The number of hydrogen-bond acceptors (Lipinski definition) is 4. The number of likely N-dealkylation sites (tertiary alicyclic amines) is 1. The average Bonchev–Trinajstić information content (AvgIpc) is 3.06. The third-order valence-electron chi connectivity index (χ3n) is 3.64. The van der Waals surface area contributed by atoms with Crippen LogP contribution in [-0.4, -0.2) is 57.3 Å². The van der Waals surface area contributed by atoms with Gasteiger partial charge in [0.05, 0.1) is 0 Å². The van der Waals surface area contributed by atoms with Gasteiger partial charge in [0.15, 0.2) is 0 Å². The van der Waals surface area contributed by atoms with Gasteiger partial charge in [0.2, 0.25) is 5.91 Å². The van der Waals surface area contributed by atoms with Crippen molar-refractivity contribution >= 4 is 11.8 Å². The van der Waals surface area contributed by atoms with E-state index in [1.54, 1.807) is 11.0 Å². The van der Waals surface area contributed by atoms with Crippen molar-refractivity contribution in [2.45, 2.75) is 45.3 Å². The molecular formula is C14H22N4O3. The van der Waals surface area contributed by atoms with Crippen LogP contribution in [0.4, 0.5) is 0 Å². The summed E-state index contributed by atoms with van der Waals surface area (Å²) in [7, 11) is 0. The van der Waals surface area contributed by atoms with Gasteiger partial charge in [0, 0.05) is 24.8 Å². The molecule has 0 radical (unpaired) electrons. The number of aromatic amines is 1. The van der Waals surface area contributed by atoms with E-state index in [0.29, 0.717) is 25.2 Å². The standard InChI is InChI=1S/C14H22N4O3/c1-8(2)11-6-12(17-16-11)14(21)18-5-4-10(7-18)15-13(20)9(3)19/h6,8-10,19H,4-5,7H2,1-3H3,(H,15,20)(H,16,17). The summed E-state index contributed by atoms with van der Waals surface area (Å²) < 4.78 is 0. The zero-order chi connectivity index (χ0) is 15.6. The molecule has 7 nitrogen and oxygen atoms in total. The summed E-state index contributed by atoms with van der Waals surface area (Å²) in [5, 5.41) is 18.8. The number of nitrogens with one attached hydrogen (secondary N) is 2. The van der Waals surface area contributed by atoms with Gasteiger partial charge in [-0.3, -0.25) is 14.7 Å². The largest absolute Gasteiger partial charge is 0.384 e. The normalized spacial score (nSPS) is 19.9. The number of nitrogens with zero attached hydrogens (tertiary/aromatic N) is 2. The monoisotopic (exact) mass is 294 g/mol. The second kappa shape index (κ2) is 6.26. The maximum atomic E-state index is 12.3. The Morgan fingerprint density at radius 1 is 1.48 bits per heavy atom. The molecule has 21 heavy (non-hydrogen) atoms. The first-order chi connectivity index (χ1) is 9.88. The smallest absolute Gasteiger partial charge is 0.274 e. The van der Waals surface area contributed by atoms with Gasteiger partial charge in [-0.1, -0.05) is 13.8 Å². The molecule has 2 atom stereocenters. The van der Waals surface area contributed by atoms with Crippen molar-refractivity contribution in [1.82, 2.24) is 20.4 Å². The van der Waals surface area contributed by atoms with Crippen LogP contribution in [-0.2, 0) is 4.79 Å². The van der Waals surface area contributed by atoms with Gasteiger partial charge >= 0.3 is 0 Å². The van der Waals surface area contributed by atoms with Crippen molar-refractivity contribution in [2.24, 2.45) is 0 Å². The average molecular weight is 294 g/mol. The fourth-order valence-corrected chi connectivity index (χ4v) is 2.29. The van der Waals surface area contributed by atoms with Crippen LogP contribution in [0.5, 0.6) is 0 Å². The summed E-state index contributed by atoms with van der Waals surface area (Å²) in [5.74, 6) is -0.251. The highest BCUT2D eigenvalue weighted by Gasteiger charge is 2.29. The third-order valence-corrected chi connectivity index (χ3v) is 3.64. The predicted molar refractivity (Wildman–Crippen MR) is 76.8 cm³/mol. The Labute approximate surface area is 123 Å². The first-order valence-electron chi connectivity index (χ1n) is 7.21. The van der Waals surface area contributed by atoms with E-state index >= 15 is 0 Å². The molecule has 0 saturated carbocycles. The fraction of sp³-hybridized carbons (Fsp3) is 0.643. The first-order valence-corrected chi connectivity index (χ1v) is 7.21. The summed E-state index contributed by atoms with van der Waals surface area (Å²) in [4.78, 5) is 25.4. The molecule has 0 aliphatic carbocycles. The van der Waals surface area contributed by atoms with Crippen LogP contribution in [0.3, 0.4) is 0 Å². The van der Waals surface area contributed by atoms with E-state index < -0.39 is 12.0 Å². The van der Waals surface area contributed by atoms with Gasteiger partial charge in [-0.2, -0.15) is 5.10 Å². The molecule has 2 heterocycles. The minimum absolute atomic E-state index is 0.112. The minimum Gasteiger partial charge on any atom is -0.384 e. The SMILES string of the molecule is CC(O)C(=O)NC1CCN(C(=O)c2cc(C(C)C)[nH]n2)C1. The highest BCUT2D eigenvalue weighted by Crippen LogP contribution is 2.16. The van der Waals surface area contributed by atoms with E-state index in [4.69, 9.17) is 0 Å². The van der Waals surface area contributed by atoms with Gasteiger partial charge in [0.25, 0.3) is 5.91 Å². The van der Waals surface area contributed by atoms with Gasteiger partial charge in [-0.05, 0) is 25.3 Å². The highest BCUT2D eigenvalue weighted by molar-refractivity contribution is 5.92. The number of aliphatic hydroxyl groups is 1. The Hall–Kier alpha value is -1.89. The molecule has 1 saturated heterocycles. The first kappa shape index (κ1) is 15.5. The van der Waals surface area contributed by atoms with Crippen LogP contribution < -0.4 is 5.32 Å². The Bertz CT molecular complexity index is 524. The molecule has 3 N–H and O–H groups in total. The molecule has 2 rings (SSSR count). The second-order valence-electron chi connectivity index (χ2n) is 5.78. The Morgan fingerprint density at radius 3 is 2.76 bits per heavy atom. The number of amides is 2. The number of H-pyrrole nitrogens is 1. The lowest BCUT2D eigenvalue weighted by atomic mass is 10.1. The quantitative estimate of drug-likeness (QED) is 0.741. The summed E-state index contributed by atoms with van der Waals surface area (Å²) in [6.45, 7) is 6.50. The molecule has 1 aliphatic rings. The number of aliphatic hydroxyl groups excluding tert-OH is 1. The fourth-order valence-electron chi connectivity index (χ4n) is 2.29. The maximum Gasteiger partial charge on any atom is 0.274 e. The number of rotatable bonds is 4. The van der Waals surface area contributed by atoms with E-state index in [2.05, 4.69) is 15.5 Å². The molecule has 0 bridgehead atoms. The van der Waals surface area contributed by atoms with E-state index in [-0.39, 0.29) is 17.9 Å². The van der Waals surface area contributed by atoms with E-state index in [9.17, 15) is 14.7 Å². The molecule has 2 amide bonds. The van der Waals surface area contributed by atoms with Crippen molar-refractivity contribution in [1.29, 1.82) is 0 Å². The van der Waals surface area contributed by atoms with Gasteiger partial charge in [-0.15, -0.1) is 0 Å². The summed E-state index contributed by atoms with van der Waals surface area (Å²) in [6, 6.07) is 1.66. The molecule has 1 aromatic rings. The molecule has 116 valence electrons. The summed E-state index contributed by atoms with van der Waals surface area (Å²) in [5.41, 5.74) is 1.33. The topological polar surface area (TPSA) is 98.3 Å². The summed E-state index contributed by atoms with van der Waals surface area (Å²) in [6.07, 6.45) is -0.347. The maximum absolute atomic E-state index is 12.3. The minimum atomic E-state index is -1.03. The van der Waals surface area contributed by atoms with Crippen LogP contribution in [0.2, 0.25) is 0 Å². The van der Waals surface area contributed by atoms with Crippen LogP contribution in [0.15, 0.2) is 6.07 Å². The van der Waals surface area contributed by atoms with E-state index in [0.717, 1.165) is 5.69 Å². The van der Waals surface area contributed by atoms with Crippen LogP contribution >= 0.6 is 0 Å². The second-order valence-corrected chi connectivity index (χ2v) is 5.78. The van der Waals surface area contributed by atoms with Gasteiger partial charge in [-0.25, -0.2) is 0 Å². The van der Waals surface area contributed by atoms with Crippen LogP contribution in [0.25, 0.3) is 0 Å². The number of carbonyl (C=O) groups is 2. The van der Waals surface area contributed by atoms with E-state index in [1.165, 1.54) is 6.92 Å². The van der Waals surface area contributed by atoms with Crippen LogP contribution in [0.1, 0.15) is 49.3 Å². The zero-order valence-corrected chi connectivity index (χ0v) is 12.6. The molecule has 1 fully saturated rings. The Kier molecular flexibility index (Phi) is 4.62. The molecule has 1 aliphatic heterocycles. The molecule has 1 aromatic heterocycles. The van der Waals surface area contributed by atoms with Crippen molar-refractivity contribution in [3.05, 3.63) is 17.5 Å². The number of hydrogen-bond donors (Lipinski definition) is 3. The predicted octanol–water partition coefficient (Wildman–Crippen LogP) is 0.245. The van der Waals surface area contributed by atoms with Crippen molar-refractivity contribution in [3.63, 3.8) is 0 Å². The third kappa shape index (κ3) is 3.60. The van der Waals surface area contributed by atoms with Gasteiger partial charge < -0.3 is 15.3 Å². The lowest BCUT2D eigenvalue weighted by Gasteiger charge is -2.16. The van der Waals surface area contributed by atoms with Crippen molar-refractivity contribution < 1.29 is 14.7 Å². The lowest BCUT2D eigenvalue weighted by Crippen LogP contribution is -2.42. The Morgan fingerprint density at radius 2 is 2.19 bits per heavy atom. The lowest BCUT2D eigenvalue weighted by molar-refractivity contribution is -0.129. The van der Waals surface area contributed by atoms with E-state index in [1.807, 2.05) is 13.8 Å². The van der Waals surface area contributed by atoms with Crippen molar-refractivity contribution in [3.8, 4) is 0 Å². The molecule has 0 spiro atoms. The molecule has 7 heteroatoms. The molecule has 0 aromatic carbocycles.